The van der Waals surface area contributed by atoms with Gasteiger partial charge in [-0.1, -0.05) is 24.6 Å². The van der Waals surface area contributed by atoms with E-state index in [0.29, 0.717) is 25.1 Å². The Bertz CT molecular complexity index is 652. The molecule has 134 valence electrons. The first kappa shape index (κ1) is 16.4. The van der Waals surface area contributed by atoms with Crippen LogP contribution in [0.3, 0.4) is 0 Å². The summed E-state index contributed by atoms with van der Waals surface area (Å²) >= 11 is 0. The fourth-order valence-electron chi connectivity index (χ4n) is 3.71. The summed E-state index contributed by atoms with van der Waals surface area (Å²) in [4.78, 5) is 27.0. The maximum absolute atomic E-state index is 12.5. The average Bonchev–Trinajstić information content (AvgIpc) is 3.31. The zero-order valence-electron chi connectivity index (χ0n) is 14.6. The molecule has 0 bridgehead atoms. The minimum absolute atomic E-state index is 0.0215. The molecule has 0 spiro atoms. The van der Waals surface area contributed by atoms with Gasteiger partial charge in [0.1, 0.15) is 18.3 Å². The third kappa shape index (κ3) is 3.51. The van der Waals surface area contributed by atoms with E-state index in [9.17, 15) is 9.59 Å². The summed E-state index contributed by atoms with van der Waals surface area (Å²) in [7, 11) is 0. The summed E-state index contributed by atoms with van der Waals surface area (Å²) in [6, 6.07) is 8.18. The number of amides is 2. The molecule has 3 aliphatic rings. The van der Waals surface area contributed by atoms with Crippen LogP contribution in [-0.4, -0.2) is 42.5 Å². The van der Waals surface area contributed by atoms with E-state index in [1.807, 2.05) is 24.3 Å². The SMILES string of the molecule is O=C(NCCCN(C(=O)C1CCC1)C1CC1)[C@@H]1COc2ccccc21. The van der Waals surface area contributed by atoms with Gasteiger partial charge in [0.15, 0.2) is 0 Å². The standard InChI is InChI=1S/C20H26N2O3/c23-19(17-13-25-18-8-2-1-7-16(17)18)21-11-4-12-22(15-9-10-15)20(24)14-5-3-6-14/h1-2,7-8,14-15,17H,3-6,9-13H2,(H,21,23)/t17-/m1/s1. The Morgan fingerprint density at radius 1 is 1.16 bits per heavy atom. The lowest BCUT2D eigenvalue weighted by atomic mass is 9.84. The van der Waals surface area contributed by atoms with E-state index >= 15 is 0 Å². The summed E-state index contributed by atoms with van der Waals surface area (Å²) in [5, 5.41) is 3.02. The number of carbonyl (C=O) groups is 2. The largest absolute Gasteiger partial charge is 0.492 e. The third-order valence-electron chi connectivity index (χ3n) is 5.62. The van der Waals surface area contributed by atoms with Crippen LogP contribution >= 0.6 is 0 Å². The first-order valence-electron chi connectivity index (χ1n) is 9.54. The van der Waals surface area contributed by atoms with Gasteiger partial charge in [0.2, 0.25) is 11.8 Å². The number of fused-ring (bicyclic) bond motifs is 1. The molecule has 2 saturated carbocycles. The van der Waals surface area contributed by atoms with E-state index in [-0.39, 0.29) is 17.7 Å². The Labute approximate surface area is 148 Å². The summed E-state index contributed by atoms with van der Waals surface area (Å²) < 4.78 is 5.58. The van der Waals surface area contributed by atoms with Gasteiger partial charge in [0, 0.05) is 30.6 Å². The molecule has 5 heteroatoms. The monoisotopic (exact) mass is 342 g/mol. The molecule has 0 radical (unpaired) electrons. The number of hydrogen-bond acceptors (Lipinski definition) is 3. The molecule has 25 heavy (non-hydrogen) atoms. The Morgan fingerprint density at radius 3 is 2.68 bits per heavy atom. The summed E-state index contributed by atoms with van der Waals surface area (Å²) in [5.41, 5.74) is 0.972. The Hall–Kier alpha value is -2.04. The summed E-state index contributed by atoms with van der Waals surface area (Å²) in [6.07, 6.45) is 6.40. The van der Waals surface area contributed by atoms with Crippen molar-refractivity contribution in [2.24, 2.45) is 5.92 Å². The molecular formula is C20H26N2O3. The molecule has 1 heterocycles. The zero-order valence-corrected chi connectivity index (χ0v) is 14.6. The lowest BCUT2D eigenvalue weighted by Gasteiger charge is -2.32. The average molecular weight is 342 g/mol. The van der Waals surface area contributed by atoms with Crippen molar-refractivity contribution in [1.29, 1.82) is 0 Å². The quantitative estimate of drug-likeness (QED) is 0.775. The van der Waals surface area contributed by atoms with Gasteiger partial charge in [-0.25, -0.2) is 0 Å². The van der Waals surface area contributed by atoms with Crippen LogP contribution in [0.4, 0.5) is 0 Å². The zero-order chi connectivity index (χ0) is 17.2. The van der Waals surface area contributed by atoms with Crippen molar-refractivity contribution in [2.45, 2.75) is 50.5 Å². The predicted octanol–water partition coefficient (Wildman–Crippen LogP) is 2.46. The third-order valence-corrected chi connectivity index (χ3v) is 5.62. The molecule has 1 aromatic rings. The number of ether oxygens (including phenoxy) is 1. The van der Waals surface area contributed by atoms with Crippen molar-refractivity contribution in [1.82, 2.24) is 10.2 Å². The molecule has 2 amide bonds. The highest BCUT2D eigenvalue weighted by Crippen LogP contribution is 2.34. The van der Waals surface area contributed by atoms with E-state index in [1.54, 1.807) is 0 Å². The lowest BCUT2D eigenvalue weighted by Crippen LogP contribution is -2.42. The molecule has 1 N–H and O–H groups in total. The topological polar surface area (TPSA) is 58.6 Å². The molecule has 0 unspecified atom stereocenters. The molecular weight excluding hydrogens is 316 g/mol. The predicted molar refractivity (Wildman–Crippen MR) is 94.4 cm³/mol. The number of para-hydroxylation sites is 1. The van der Waals surface area contributed by atoms with Crippen molar-refractivity contribution in [2.75, 3.05) is 19.7 Å². The van der Waals surface area contributed by atoms with Crippen molar-refractivity contribution >= 4 is 11.8 Å². The van der Waals surface area contributed by atoms with Crippen LogP contribution in [-0.2, 0) is 9.59 Å². The molecule has 5 nitrogen and oxygen atoms in total. The number of benzene rings is 1. The van der Waals surface area contributed by atoms with Crippen LogP contribution < -0.4 is 10.1 Å². The summed E-state index contributed by atoms with van der Waals surface area (Å²) in [6.45, 7) is 1.79. The highest BCUT2D eigenvalue weighted by atomic mass is 16.5. The fraction of sp³-hybridized carbons (Fsp3) is 0.600. The van der Waals surface area contributed by atoms with Gasteiger partial charge >= 0.3 is 0 Å². The maximum atomic E-state index is 12.5. The van der Waals surface area contributed by atoms with Gasteiger partial charge in [-0.05, 0) is 38.2 Å². The van der Waals surface area contributed by atoms with Crippen molar-refractivity contribution < 1.29 is 14.3 Å². The second-order valence-electron chi connectivity index (χ2n) is 7.44. The van der Waals surface area contributed by atoms with Crippen molar-refractivity contribution in [3.05, 3.63) is 29.8 Å². The molecule has 2 aliphatic carbocycles. The van der Waals surface area contributed by atoms with E-state index in [1.165, 1.54) is 6.42 Å². The minimum Gasteiger partial charge on any atom is -0.492 e. The van der Waals surface area contributed by atoms with Crippen LogP contribution in [0.5, 0.6) is 5.75 Å². The lowest BCUT2D eigenvalue weighted by molar-refractivity contribution is -0.138. The number of nitrogens with zero attached hydrogens (tertiary/aromatic N) is 1. The van der Waals surface area contributed by atoms with Gasteiger partial charge in [0.05, 0.1) is 0 Å². The van der Waals surface area contributed by atoms with Crippen LogP contribution in [0.1, 0.15) is 50.0 Å². The normalized spacial score (nSPS) is 21.8. The van der Waals surface area contributed by atoms with Gasteiger partial charge in [-0.15, -0.1) is 0 Å². The smallest absolute Gasteiger partial charge is 0.231 e. The van der Waals surface area contributed by atoms with Crippen molar-refractivity contribution in [3.8, 4) is 5.75 Å². The molecule has 1 aliphatic heterocycles. The number of hydrogen-bond donors (Lipinski definition) is 1. The molecule has 2 fully saturated rings. The second kappa shape index (κ2) is 7.06. The molecule has 4 rings (SSSR count). The number of carbonyl (C=O) groups excluding carboxylic acids is 2. The van der Waals surface area contributed by atoms with Crippen LogP contribution in [0.15, 0.2) is 24.3 Å². The molecule has 1 atom stereocenters. The number of rotatable bonds is 7. The Balaban J connectivity index is 1.24. The second-order valence-corrected chi connectivity index (χ2v) is 7.44. The first-order chi connectivity index (χ1) is 12.2. The summed E-state index contributed by atoms with van der Waals surface area (Å²) in [5.74, 6) is 1.23. The van der Waals surface area contributed by atoms with E-state index in [2.05, 4.69) is 10.2 Å². The van der Waals surface area contributed by atoms with Gasteiger partial charge < -0.3 is 15.0 Å². The van der Waals surface area contributed by atoms with Gasteiger partial charge in [0.25, 0.3) is 0 Å². The highest BCUT2D eigenvalue weighted by molar-refractivity contribution is 5.85. The van der Waals surface area contributed by atoms with Crippen LogP contribution in [0.2, 0.25) is 0 Å². The number of nitrogens with one attached hydrogen (secondary N) is 1. The van der Waals surface area contributed by atoms with E-state index in [4.69, 9.17) is 4.74 Å². The molecule has 1 aromatic carbocycles. The first-order valence-corrected chi connectivity index (χ1v) is 9.54. The van der Waals surface area contributed by atoms with Crippen LogP contribution in [0, 0.1) is 5.92 Å². The van der Waals surface area contributed by atoms with Gasteiger partial charge in [-0.3, -0.25) is 9.59 Å². The van der Waals surface area contributed by atoms with Crippen LogP contribution in [0.25, 0.3) is 0 Å². The Morgan fingerprint density at radius 2 is 1.96 bits per heavy atom. The highest BCUT2D eigenvalue weighted by Gasteiger charge is 2.37. The van der Waals surface area contributed by atoms with Gasteiger partial charge in [-0.2, -0.15) is 0 Å². The Kier molecular flexibility index (Phi) is 4.64. The van der Waals surface area contributed by atoms with Crippen molar-refractivity contribution in [3.63, 3.8) is 0 Å². The maximum Gasteiger partial charge on any atom is 0.231 e. The van der Waals surface area contributed by atoms with E-state index in [0.717, 1.165) is 50.0 Å². The molecule has 0 saturated heterocycles. The fourth-order valence-corrected chi connectivity index (χ4v) is 3.71. The van der Waals surface area contributed by atoms with E-state index < -0.39 is 0 Å². The minimum atomic E-state index is -0.215. The molecule has 0 aromatic heterocycles.